The number of nitrogens with zero attached hydrogens (tertiary/aromatic N) is 3. The summed E-state index contributed by atoms with van der Waals surface area (Å²) < 4.78 is 19.9. The maximum Gasteiger partial charge on any atom is 0.212 e. The van der Waals surface area contributed by atoms with Crippen LogP contribution in [0.4, 0.5) is 9.52 Å². The Kier molecular flexibility index (Phi) is 5.64. The lowest BCUT2D eigenvalue weighted by atomic mass is 10.0. The standard InChI is InChI=1S/C21H21FN4OS/c22-19-13-15(6-7-18(19)16-4-2-1-3-5-16)12-17-14-28-21(24-17)25-20(23)26-8-10-27-11-9-26/h1-7,13-14H,8-12H2,(H2,23,24,25). The lowest BCUT2D eigenvalue weighted by Gasteiger charge is -2.27. The number of nitrogens with two attached hydrogens (primary N) is 1. The summed E-state index contributed by atoms with van der Waals surface area (Å²) in [6.07, 6.45) is 0.551. The molecule has 144 valence electrons. The second-order valence-electron chi connectivity index (χ2n) is 6.55. The average Bonchev–Trinajstić information content (AvgIpc) is 3.16. The third-order valence-electron chi connectivity index (χ3n) is 4.59. The van der Waals surface area contributed by atoms with E-state index >= 15 is 0 Å². The van der Waals surface area contributed by atoms with Gasteiger partial charge >= 0.3 is 0 Å². The summed E-state index contributed by atoms with van der Waals surface area (Å²) >= 11 is 1.44. The number of aromatic nitrogens is 1. The van der Waals surface area contributed by atoms with Gasteiger partial charge in [-0.25, -0.2) is 9.37 Å². The molecule has 2 N–H and O–H groups in total. The predicted octanol–water partition coefficient (Wildman–Crippen LogP) is 3.82. The molecular formula is C21H21FN4OS. The van der Waals surface area contributed by atoms with E-state index < -0.39 is 0 Å². The predicted molar refractivity (Wildman–Crippen MR) is 110 cm³/mol. The van der Waals surface area contributed by atoms with Crippen molar-refractivity contribution in [1.82, 2.24) is 9.88 Å². The molecule has 1 saturated heterocycles. The van der Waals surface area contributed by atoms with Gasteiger partial charge in [-0.15, -0.1) is 11.3 Å². The molecular weight excluding hydrogens is 375 g/mol. The molecule has 3 aromatic rings. The van der Waals surface area contributed by atoms with Crippen LogP contribution in [0.5, 0.6) is 0 Å². The first-order valence-electron chi connectivity index (χ1n) is 9.14. The van der Waals surface area contributed by atoms with Crippen LogP contribution >= 0.6 is 11.3 Å². The van der Waals surface area contributed by atoms with Crippen LogP contribution in [0.2, 0.25) is 0 Å². The molecule has 1 aliphatic rings. The number of hydrogen-bond donors (Lipinski definition) is 1. The fraction of sp³-hybridized carbons (Fsp3) is 0.238. The van der Waals surface area contributed by atoms with Crippen LogP contribution in [0.25, 0.3) is 11.1 Å². The first-order chi connectivity index (χ1) is 13.7. The van der Waals surface area contributed by atoms with Gasteiger partial charge in [0.15, 0.2) is 5.96 Å². The number of thiazole rings is 1. The van der Waals surface area contributed by atoms with Crippen molar-refractivity contribution < 1.29 is 9.13 Å². The molecule has 0 aliphatic carbocycles. The fourth-order valence-corrected chi connectivity index (χ4v) is 3.81. The SMILES string of the molecule is NC(=Nc1nc(Cc2ccc(-c3ccccc3)c(F)c2)cs1)N1CCOCC1. The number of benzene rings is 2. The van der Waals surface area contributed by atoms with Gasteiger partial charge in [0.25, 0.3) is 0 Å². The summed E-state index contributed by atoms with van der Waals surface area (Å²) in [4.78, 5) is 10.9. The van der Waals surface area contributed by atoms with E-state index in [1.807, 2.05) is 52.7 Å². The van der Waals surface area contributed by atoms with Crippen molar-refractivity contribution in [3.05, 3.63) is 71.0 Å². The Morgan fingerprint density at radius 1 is 1.18 bits per heavy atom. The molecule has 0 bridgehead atoms. The highest BCUT2D eigenvalue weighted by Gasteiger charge is 2.13. The molecule has 0 saturated carbocycles. The fourth-order valence-electron chi connectivity index (χ4n) is 3.12. The van der Waals surface area contributed by atoms with E-state index in [0.717, 1.165) is 29.9 Å². The van der Waals surface area contributed by atoms with Crippen LogP contribution in [-0.4, -0.2) is 42.1 Å². The summed E-state index contributed by atoms with van der Waals surface area (Å²) in [7, 11) is 0. The minimum absolute atomic E-state index is 0.228. The zero-order chi connectivity index (χ0) is 19.3. The summed E-state index contributed by atoms with van der Waals surface area (Å²) in [5.74, 6) is 0.233. The van der Waals surface area contributed by atoms with Crippen LogP contribution in [0, 0.1) is 5.82 Å². The quantitative estimate of drug-likeness (QED) is 0.538. The van der Waals surface area contributed by atoms with E-state index in [2.05, 4.69) is 9.98 Å². The topological polar surface area (TPSA) is 63.7 Å². The van der Waals surface area contributed by atoms with E-state index in [0.29, 0.717) is 36.3 Å². The molecule has 0 spiro atoms. The Hall–Kier alpha value is -2.77. The van der Waals surface area contributed by atoms with Crippen LogP contribution in [-0.2, 0) is 11.2 Å². The van der Waals surface area contributed by atoms with E-state index in [9.17, 15) is 4.39 Å². The second-order valence-corrected chi connectivity index (χ2v) is 7.38. The summed E-state index contributed by atoms with van der Waals surface area (Å²) in [6, 6.07) is 14.9. The Morgan fingerprint density at radius 2 is 1.96 bits per heavy atom. The van der Waals surface area contributed by atoms with Gasteiger partial charge in [-0.05, 0) is 17.2 Å². The van der Waals surface area contributed by atoms with Gasteiger partial charge in [-0.1, -0.05) is 42.5 Å². The van der Waals surface area contributed by atoms with Crippen LogP contribution in [0.15, 0.2) is 58.9 Å². The van der Waals surface area contributed by atoms with E-state index in [1.54, 1.807) is 6.07 Å². The Balaban J connectivity index is 1.46. The number of aliphatic imine (C=N–C) groups is 1. The average molecular weight is 396 g/mol. The van der Waals surface area contributed by atoms with Gasteiger partial charge < -0.3 is 15.4 Å². The van der Waals surface area contributed by atoms with Crippen LogP contribution < -0.4 is 5.73 Å². The van der Waals surface area contributed by atoms with Gasteiger partial charge in [0, 0.05) is 30.5 Å². The number of rotatable bonds is 4. The maximum absolute atomic E-state index is 14.5. The monoisotopic (exact) mass is 396 g/mol. The molecule has 0 atom stereocenters. The smallest absolute Gasteiger partial charge is 0.212 e. The van der Waals surface area contributed by atoms with E-state index in [-0.39, 0.29) is 5.82 Å². The highest BCUT2D eigenvalue weighted by Crippen LogP contribution is 2.26. The molecule has 1 fully saturated rings. The third-order valence-corrected chi connectivity index (χ3v) is 5.37. The Bertz CT molecular complexity index is 968. The van der Waals surface area contributed by atoms with Gasteiger partial charge in [-0.3, -0.25) is 0 Å². The zero-order valence-electron chi connectivity index (χ0n) is 15.3. The van der Waals surface area contributed by atoms with Gasteiger partial charge in [0.1, 0.15) is 5.82 Å². The largest absolute Gasteiger partial charge is 0.378 e. The highest BCUT2D eigenvalue weighted by molar-refractivity contribution is 7.13. The first-order valence-corrected chi connectivity index (χ1v) is 10.0. The number of guanidine groups is 1. The second kappa shape index (κ2) is 8.50. The molecule has 1 aromatic heterocycles. The number of hydrogen-bond acceptors (Lipinski definition) is 4. The van der Waals surface area contributed by atoms with Crippen molar-refractivity contribution in [2.45, 2.75) is 6.42 Å². The van der Waals surface area contributed by atoms with Gasteiger partial charge in [0.05, 0.1) is 18.9 Å². The zero-order valence-corrected chi connectivity index (χ0v) is 16.2. The van der Waals surface area contributed by atoms with Crippen molar-refractivity contribution in [3.63, 3.8) is 0 Å². The first kappa shape index (κ1) is 18.6. The number of halogens is 1. The van der Waals surface area contributed by atoms with Gasteiger partial charge in [0.2, 0.25) is 5.13 Å². The molecule has 2 aromatic carbocycles. The number of ether oxygens (including phenoxy) is 1. The molecule has 4 rings (SSSR count). The van der Waals surface area contributed by atoms with E-state index in [4.69, 9.17) is 10.5 Å². The number of morpholine rings is 1. The molecule has 0 amide bonds. The molecule has 28 heavy (non-hydrogen) atoms. The molecule has 5 nitrogen and oxygen atoms in total. The summed E-state index contributed by atoms with van der Waals surface area (Å²) in [5, 5.41) is 2.55. The summed E-state index contributed by atoms with van der Waals surface area (Å²) in [6.45, 7) is 2.79. The lowest BCUT2D eigenvalue weighted by molar-refractivity contribution is 0.0675. The lowest BCUT2D eigenvalue weighted by Crippen LogP contribution is -2.44. The third kappa shape index (κ3) is 4.37. The maximum atomic E-state index is 14.5. The Morgan fingerprint density at radius 3 is 2.71 bits per heavy atom. The Labute approximate surface area is 167 Å². The molecule has 0 radical (unpaired) electrons. The van der Waals surface area contributed by atoms with Gasteiger partial charge in [-0.2, -0.15) is 4.99 Å². The molecule has 7 heteroatoms. The minimum Gasteiger partial charge on any atom is -0.378 e. The molecule has 0 unspecified atom stereocenters. The molecule has 2 heterocycles. The molecule has 1 aliphatic heterocycles. The highest BCUT2D eigenvalue weighted by atomic mass is 32.1. The van der Waals surface area contributed by atoms with Crippen LogP contribution in [0.3, 0.4) is 0 Å². The van der Waals surface area contributed by atoms with Crippen molar-refractivity contribution in [3.8, 4) is 11.1 Å². The normalized spacial score (nSPS) is 15.0. The van der Waals surface area contributed by atoms with Crippen molar-refractivity contribution in [1.29, 1.82) is 0 Å². The van der Waals surface area contributed by atoms with Crippen molar-refractivity contribution >= 4 is 22.4 Å². The van der Waals surface area contributed by atoms with Crippen LogP contribution in [0.1, 0.15) is 11.3 Å². The van der Waals surface area contributed by atoms with Crippen molar-refractivity contribution in [2.75, 3.05) is 26.3 Å². The van der Waals surface area contributed by atoms with E-state index in [1.165, 1.54) is 11.3 Å². The summed E-state index contributed by atoms with van der Waals surface area (Å²) in [5.41, 5.74) is 9.27. The minimum atomic E-state index is -0.228. The van der Waals surface area contributed by atoms with Crippen molar-refractivity contribution in [2.24, 2.45) is 10.7 Å².